The molecule has 0 aromatic carbocycles. The second-order valence-corrected chi connectivity index (χ2v) is 5.52. The van der Waals surface area contributed by atoms with Gasteiger partial charge in [-0.15, -0.1) is 0 Å². The molecule has 0 N–H and O–H groups in total. The highest BCUT2D eigenvalue weighted by Gasteiger charge is 2.22. The monoisotopic (exact) mass is 276 g/mol. The Morgan fingerprint density at radius 1 is 1.41 bits per heavy atom. The number of aromatic nitrogens is 2. The SMILES string of the molecule is CC(=O)CSc1n(C(C)C)cc[n+]1C(C)C.[Cl-]. The van der Waals surface area contributed by atoms with E-state index >= 15 is 0 Å². The number of carbonyl (C=O) groups excluding carboxylic acids is 1. The van der Waals surface area contributed by atoms with Crippen molar-refractivity contribution in [1.29, 1.82) is 0 Å². The summed E-state index contributed by atoms with van der Waals surface area (Å²) >= 11 is 1.62. The minimum atomic E-state index is 0. The highest BCUT2D eigenvalue weighted by atomic mass is 35.5. The number of thioether (sulfide) groups is 1. The van der Waals surface area contributed by atoms with E-state index in [9.17, 15) is 4.79 Å². The van der Waals surface area contributed by atoms with Crippen LogP contribution < -0.4 is 17.0 Å². The largest absolute Gasteiger partial charge is 1.00 e. The lowest BCUT2D eigenvalue weighted by molar-refractivity contribution is -0.751. The van der Waals surface area contributed by atoms with E-state index < -0.39 is 0 Å². The number of nitrogens with zero attached hydrogens (tertiary/aromatic N) is 2. The minimum Gasteiger partial charge on any atom is -1.00 e. The van der Waals surface area contributed by atoms with Gasteiger partial charge < -0.3 is 12.4 Å². The number of imidazole rings is 1. The Kier molecular flexibility index (Phi) is 6.87. The number of rotatable bonds is 5. The Morgan fingerprint density at radius 3 is 2.41 bits per heavy atom. The van der Waals surface area contributed by atoms with E-state index in [1.165, 1.54) is 5.16 Å². The van der Waals surface area contributed by atoms with Crippen LogP contribution >= 0.6 is 11.8 Å². The molecule has 1 aromatic heterocycles. The normalized spacial score (nSPS) is 10.8. The van der Waals surface area contributed by atoms with Crippen molar-refractivity contribution in [3.63, 3.8) is 0 Å². The molecule has 0 radical (unpaired) electrons. The number of carbonyl (C=O) groups is 1. The van der Waals surface area contributed by atoms with Crippen molar-refractivity contribution in [3.8, 4) is 0 Å². The van der Waals surface area contributed by atoms with E-state index in [0.717, 1.165) is 0 Å². The molecule has 0 aliphatic carbocycles. The van der Waals surface area contributed by atoms with Crippen molar-refractivity contribution in [2.24, 2.45) is 0 Å². The molecule has 1 heterocycles. The molecule has 0 saturated carbocycles. The molecule has 0 aliphatic heterocycles. The molecule has 1 aromatic rings. The van der Waals surface area contributed by atoms with Gasteiger partial charge in [0, 0.05) is 0 Å². The van der Waals surface area contributed by atoms with Gasteiger partial charge in [-0.2, -0.15) is 0 Å². The molecule has 0 unspecified atom stereocenters. The fourth-order valence-corrected chi connectivity index (χ4v) is 2.68. The lowest BCUT2D eigenvalue weighted by atomic mass is 10.4. The average molecular weight is 277 g/mol. The molecule has 0 amide bonds. The topological polar surface area (TPSA) is 25.9 Å². The number of halogens is 1. The quantitative estimate of drug-likeness (QED) is 0.541. The van der Waals surface area contributed by atoms with Gasteiger partial charge in [0.15, 0.2) is 0 Å². The molecular formula is C12H21ClN2OS. The zero-order valence-electron chi connectivity index (χ0n) is 11.1. The van der Waals surface area contributed by atoms with Crippen LogP contribution in [0.1, 0.15) is 46.7 Å². The Hall–Kier alpha value is -0.480. The first-order chi connectivity index (χ1) is 7.43. The van der Waals surface area contributed by atoms with Gasteiger partial charge in [0.25, 0.3) is 0 Å². The molecule has 0 bridgehead atoms. The lowest BCUT2D eigenvalue weighted by Crippen LogP contribution is -3.00. The van der Waals surface area contributed by atoms with E-state index in [1.807, 2.05) is 0 Å². The summed E-state index contributed by atoms with van der Waals surface area (Å²) in [5.41, 5.74) is 0. The molecule has 0 saturated heterocycles. The third-order valence-electron chi connectivity index (χ3n) is 2.35. The van der Waals surface area contributed by atoms with Crippen molar-refractivity contribution < 1.29 is 21.8 Å². The van der Waals surface area contributed by atoms with E-state index in [0.29, 0.717) is 17.8 Å². The first-order valence-corrected chi connectivity index (χ1v) is 6.66. The van der Waals surface area contributed by atoms with E-state index in [2.05, 4.69) is 49.2 Å². The highest BCUT2D eigenvalue weighted by Crippen LogP contribution is 2.20. The molecule has 5 heteroatoms. The van der Waals surface area contributed by atoms with Gasteiger partial charge in [-0.3, -0.25) is 4.79 Å². The summed E-state index contributed by atoms with van der Waals surface area (Å²) in [5.74, 6) is 0.764. The fraction of sp³-hybridized carbons (Fsp3) is 0.667. The zero-order valence-corrected chi connectivity index (χ0v) is 12.7. The van der Waals surface area contributed by atoms with Gasteiger partial charge in [0.1, 0.15) is 18.2 Å². The molecule has 98 valence electrons. The van der Waals surface area contributed by atoms with E-state index in [-0.39, 0.29) is 18.2 Å². The van der Waals surface area contributed by atoms with Crippen molar-refractivity contribution in [2.75, 3.05) is 5.75 Å². The fourth-order valence-electron chi connectivity index (χ4n) is 1.51. The highest BCUT2D eigenvalue weighted by molar-refractivity contribution is 7.99. The summed E-state index contributed by atoms with van der Waals surface area (Å²) < 4.78 is 4.43. The Labute approximate surface area is 114 Å². The Balaban J connectivity index is 0.00000256. The smallest absolute Gasteiger partial charge is 0.318 e. The van der Waals surface area contributed by atoms with Gasteiger partial charge in [-0.25, -0.2) is 9.13 Å². The van der Waals surface area contributed by atoms with Crippen LogP contribution in [0.25, 0.3) is 0 Å². The summed E-state index contributed by atoms with van der Waals surface area (Å²) in [6, 6.07) is 0.851. The lowest BCUT2D eigenvalue weighted by Gasteiger charge is -2.08. The number of Topliss-reactive ketones (excluding diaryl/α,β-unsaturated/α-hetero) is 1. The summed E-state index contributed by atoms with van der Waals surface area (Å²) in [6.45, 7) is 10.3. The second kappa shape index (κ2) is 7.07. The second-order valence-electron chi connectivity index (χ2n) is 4.57. The van der Waals surface area contributed by atoms with Crippen molar-refractivity contribution in [2.45, 2.75) is 51.9 Å². The molecular weight excluding hydrogens is 256 g/mol. The first kappa shape index (κ1) is 16.5. The van der Waals surface area contributed by atoms with Crippen molar-refractivity contribution in [1.82, 2.24) is 4.57 Å². The van der Waals surface area contributed by atoms with Crippen LogP contribution in [0, 0.1) is 0 Å². The predicted octanol–water partition coefficient (Wildman–Crippen LogP) is -0.377. The summed E-state index contributed by atoms with van der Waals surface area (Å²) in [7, 11) is 0. The summed E-state index contributed by atoms with van der Waals surface area (Å²) in [5, 5.41) is 1.17. The maximum Gasteiger partial charge on any atom is 0.318 e. The summed E-state index contributed by atoms with van der Waals surface area (Å²) in [4.78, 5) is 11.1. The molecule has 0 atom stereocenters. The van der Waals surface area contributed by atoms with Gasteiger partial charge in [-0.1, -0.05) is 0 Å². The average Bonchev–Trinajstić information content (AvgIpc) is 2.57. The van der Waals surface area contributed by atoms with Crippen molar-refractivity contribution >= 4 is 17.5 Å². The minimum absolute atomic E-state index is 0. The third-order valence-corrected chi connectivity index (χ3v) is 3.58. The summed E-state index contributed by atoms with van der Waals surface area (Å²) in [6.07, 6.45) is 4.18. The van der Waals surface area contributed by atoms with Crippen LogP contribution in [-0.2, 0) is 4.79 Å². The number of ketones is 1. The Bertz CT molecular complexity index is 349. The van der Waals surface area contributed by atoms with Crippen LogP contribution in [0.5, 0.6) is 0 Å². The number of hydrogen-bond acceptors (Lipinski definition) is 2. The standard InChI is InChI=1S/C12H21N2OS.ClH/c1-9(2)13-6-7-14(10(3)4)12(13)16-8-11(5)15;/h6-7,9-10H,8H2,1-5H3;1H/q+1;/p-1. The van der Waals surface area contributed by atoms with Crippen molar-refractivity contribution in [3.05, 3.63) is 12.4 Å². The number of hydrogen-bond donors (Lipinski definition) is 0. The third kappa shape index (κ3) is 4.36. The maximum absolute atomic E-state index is 11.1. The van der Waals surface area contributed by atoms with Crippen LogP contribution in [-0.4, -0.2) is 16.1 Å². The van der Waals surface area contributed by atoms with Crippen LogP contribution in [0.2, 0.25) is 0 Å². The van der Waals surface area contributed by atoms with Gasteiger partial charge in [0.2, 0.25) is 0 Å². The van der Waals surface area contributed by atoms with Gasteiger partial charge in [-0.05, 0) is 46.4 Å². The molecule has 17 heavy (non-hydrogen) atoms. The molecule has 0 aliphatic rings. The first-order valence-electron chi connectivity index (χ1n) is 5.67. The Morgan fingerprint density at radius 2 is 2.00 bits per heavy atom. The van der Waals surface area contributed by atoms with Crippen LogP contribution in [0.3, 0.4) is 0 Å². The molecule has 0 fully saturated rings. The van der Waals surface area contributed by atoms with Crippen LogP contribution in [0.15, 0.2) is 17.6 Å². The molecule has 3 nitrogen and oxygen atoms in total. The van der Waals surface area contributed by atoms with Gasteiger partial charge >= 0.3 is 5.16 Å². The molecule has 0 spiro atoms. The maximum atomic E-state index is 11.1. The zero-order chi connectivity index (χ0) is 12.3. The predicted molar refractivity (Wildman–Crippen MR) is 66.8 cm³/mol. The van der Waals surface area contributed by atoms with E-state index in [4.69, 9.17) is 0 Å². The molecule has 1 rings (SSSR count). The van der Waals surface area contributed by atoms with E-state index in [1.54, 1.807) is 18.7 Å². The van der Waals surface area contributed by atoms with Crippen LogP contribution in [0.4, 0.5) is 0 Å². The van der Waals surface area contributed by atoms with Gasteiger partial charge in [0.05, 0.1) is 17.8 Å².